The van der Waals surface area contributed by atoms with E-state index in [-0.39, 0.29) is 11.6 Å². The largest absolute Gasteiger partial charge is 0.487 e. The van der Waals surface area contributed by atoms with Crippen LogP contribution in [0, 0.1) is 0 Å². The van der Waals surface area contributed by atoms with Gasteiger partial charge in [0.25, 0.3) is 0 Å². The van der Waals surface area contributed by atoms with Gasteiger partial charge < -0.3 is 15.4 Å². The molecule has 7 nitrogen and oxygen atoms in total. The zero-order chi connectivity index (χ0) is 20.3. The summed E-state index contributed by atoms with van der Waals surface area (Å²) >= 11 is 0. The first-order chi connectivity index (χ1) is 14.0. The molecule has 0 radical (unpaired) electrons. The molecule has 0 amide bonds. The Kier molecular flexibility index (Phi) is 5.20. The second kappa shape index (κ2) is 7.95. The molecule has 3 aromatic rings. The minimum atomic E-state index is -0.241. The number of hydrogen-bond acceptors (Lipinski definition) is 4. The van der Waals surface area contributed by atoms with Crippen molar-refractivity contribution in [3.8, 4) is 11.6 Å². The van der Waals surface area contributed by atoms with E-state index in [0.29, 0.717) is 6.54 Å². The predicted octanol–water partition coefficient (Wildman–Crippen LogP) is 3.23. The van der Waals surface area contributed by atoms with Crippen LogP contribution in [0.2, 0.25) is 0 Å². The first kappa shape index (κ1) is 19.0. The Labute approximate surface area is 170 Å². The first-order valence-electron chi connectivity index (χ1n) is 9.74. The minimum absolute atomic E-state index is 0.123. The van der Waals surface area contributed by atoms with Crippen molar-refractivity contribution in [2.45, 2.75) is 38.5 Å². The summed E-state index contributed by atoms with van der Waals surface area (Å²) in [6.45, 7) is 4.86. The van der Waals surface area contributed by atoms with Gasteiger partial charge in [0.05, 0.1) is 6.04 Å². The number of aromatic nitrogens is 3. The van der Waals surface area contributed by atoms with Gasteiger partial charge in [-0.25, -0.2) is 9.67 Å². The van der Waals surface area contributed by atoms with Crippen LogP contribution in [0.4, 0.5) is 0 Å². The number of nitrogens with zero attached hydrogens (tertiary/aromatic N) is 4. The third kappa shape index (κ3) is 4.39. The van der Waals surface area contributed by atoms with Crippen LogP contribution in [0.15, 0.2) is 66.0 Å². The van der Waals surface area contributed by atoms with Crippen LogP contribution in [-0.2, 0) is 6.54 Å². The lowest BCUT2D eigenvalue weighted by Crippen LogP contribution is -2.45. The maximum atomic E-state index is 6.13. The van der Waals surface area contributed by atoms with Crippen molar-refractivity contribution in [1.29, 1.82) is 0 Å². The van der Waals surface area contributed by atoms with Gasteiger partial charge in [0.2, 0.25) is 0 Å². The monoisotopic (exact) mass is 390 g/mol. The molecule has 0 saturated heterocycles. The molecule has 1 aromatic carbocycles. The van der Waals surface area contributed by atoms with Crippen molar-refractivity contribution in [3.63, 3.8) is 0 Å². The summed E-state index contributed by atoms with van der Waals surface area (Å²) in [4.78, 5) is 8.79. The number of rotatable bonds is 4. The third-order valence-corrected chi connectivity index (χ3v) is 4.92. The van der Waals surface area contributed by atoms with Crippen LogP contribution in [-0.4, -0.2) is 33.4 Å². The van der Waals surface area contributed by atoms with Gasteiger partial charge in [-0.1, -0.05) is 18.2 Å². The Bertz CT molecular complexity index is 996. The SMILES string of the molecule is CN=C(NCc1ccnc(-n2cccn2)c1)NC1CC(C)(C)Oc2ccccc21. The number of para-hydroxylation sites is 1. The summed E-state index contributed by atoms with van der Waals surface area (Å²) in [7, 11) is 1.79. The van der Waals surface area contributed by atoms with Crippen LogP contribution in [0.5, 0.6) is 5.75 Å². The molecular formula is C22H26N6O. The Balaban J connectivity index is 1.45. The lowest BCUT2D eigenvalue weighted by Gasteiger charge is -2.38. The van der Waals surface area contributed by atoms with Crippen molar-refractivity contribution >= 4 is 5.96 Å². The van der Waals surface area contributed by atoms with Gasteiger partial charge in [0.1, 0.15) is 11.4 Å². The van der Waals surface area contributed by atoms with E-state index in [1.165, 1.54) is 0 Å². The standard InChI is InChI=1S/C22H26N6O/c1-22(2)14-18(17-7-4-5-8-19(17)29-22)27-21(23-3)25-15-16-9-11-24-20(13-16)28-12-6-10-26-28/h4-13,18H,14-15H2,1-3H3,(H2,23,25,27). The minimum Gasteiger partial charge on any atom is -0.487 e. The summed E-state index contributed by atoms with van der Waals surface area (Å²) in [5, 5.41) is 11.2. The zero-order valence-corrected chi connectivity index (χ0v) is 17.0. The molecule has 7 heteroatoms. The molecule has 1 atom stereocenters. The number of guanidine groups is 1. The fourth-order valence-corrected chi connectivity index (χ4v) is 3.58. The smallest absolute Gasteiger partial charge is 0.191 e. The normalized spacial score (nSPS) is 17.9. The quantitative estimate of drug-likeness (QED) is 0.528. The maximum absolute atomic E-state index is 6.13. The van der Waals surface area contributed by atoms with Gasteiger partial charge in [-0.15, -0.1) is 0 Å². The number of pyridine rings is 1. The Morgan fingerprint density at radius 3 is 2.90 bits per heavy atom. The van der Waals surface area contributed by atoms with E-state index in [9.17, 15) is 0 Å². The van der Waals surface area contributed by atoms with Crippen LogP contribution < -0.4 is 15.4 Å². The first-order valence-corrected chi connectivity index (χ1v) is 9.74. The Morgan fingerprint density at radius 2 is 2.10 bits per heavy atom. The Morgan fingerprint density at radius 1 is 1.24 bits per heavy atom. The number of benzene rings is 1. The highest BCUT2D eigenvalue weighted by Crippen LogP contribution is 2.39. The molecule has 150 valence electrons. The van der Waals surface area contributed by atoms with Gasteiger partial charge in [0.15, 0.2) is 11.8 Å². The van der Waals surface area contributed by atoms with E-state index in [1.54, 1.807) is 24.1 Å². The summed E-state index contributed by atoms with van der Waals surface area (Å²) in [5.41, 5.74) is 2.01. The number of aliphatic imine (C=N–C) groups is 1. The topological polar surface area (TPSA) is 76.4 Å². The Hall–Kier alpha value is -3.35. The van der Waals surface area contributed by atoms with Crippen molar-refractivity contribution in [1.82, 2.24) is 25.4 Å². The van der Waals surface area contributed by atoms with Gasteiger partial charge >= 0.3 is 0 Å². The molecule has 3 heterocycles. The van der Waals surface area contributed by atoms with E-state index in [0.717, 1.165) is 35.1 Å². The average Bonchev–Trinajstić information content (AvgIpc) is 3.25. The molecule has 4 rings (SSSR count). The molecule has 0 fully saturated rings. The van der Waals surface area contributed by atoms with E-state index >= 15 is 0 Å². The lowest BCUT2D eigenvalue weighted by molar-refractivity contribution is 0.0694. The van der Waals surface area contributed by atoms with Crippen molar-refractivity contribution in [2.75, 3.05) is 7.05 Å². The number of nitrogens with one attached hydrogen (secondary N) is 2. The molecule has 1 aliphatic rings. The van der Waals surface area contributed by atoms with Gasteiger partial charge in [-0.3, -0.25) is 4.99 Å². The van der Waals surface area contributed by atoms with Gasteiger partial charge in [-0.2, -0.15) is 5.10 Å². The molecule has 0 spiro atoms. The highest BCUT2D eigenvalue weighted by atomic mass is 16.5. The van der Waals surface area contributed by atoms with Crippen molar-refractivity contribution < 1.29 is 4.74 Å². The third-order valence-electron chi connectivity index (χ3n) is 4.92. The molecule has 1 aliphatic heterocycles. The maximum Gasteiger partial charge on any atom is 0.191 e. The highest BCUT2D eigenvalue weighted by molar-refractivity contribution is 5.80. The summed E-state index contributed by atoms with van der Waals surface area (Å²) < 4.78 is 7.87. The van der Waals surface area contributed by atoms with E-state index in [2.05, 4.69) is 45.6 Å². The fraction of sp³-hybridized carbons (Fsp3) is 0.318. The van der Waals surface area contributed by atoms with Crippen LogP contribution >= 0.6 is 0 Å². The van der Waals surface area contributed by atoms with Crippen molar-refractivity contribution in [2.24, 2.45) is 4.99 Å². The molecule has 0 bridgehead atoms. The lowest BCUT2D eigenvalue weighted by atomic mass is 9.90. The van der Waals surface area contributed by atoms with E-state index in [1.807, 2.05) is 42.6 Å². The molecule has 29 heavy (non-hydrogen) atoms. The molecule has 1 unspecified atom stereocenters. The molecule has 0 saturated carbocycles. The van der Waals surface area contributed by atoms with Gasteiger partial charge in [0, 0.05) is 44.2 Å². The fourth-order valence-electron chi connectivity index (χ4n) is 3.58. The number of ether oxygens (including phenoxy) is 1. The number of hydrogen-bond donors (Lipinski definition) is 2. The second-order valence-corrected chi connectivity index (χ2v) is 7.70. The molecule has 0 aliphatic carbocycles. The van der Waals surface area contributed by atoms with E-state index < -0.39 is 0 Å². The predicted molar refractivity (Wildman–Crippen MR) is 113 cm³/mol. The molecule has 2 N–H and O–H groups in total. The summed E-state index contributed by atoms with van der Waals surface area (Å²) in [6.07, 6.45) is 6.26. The van der Waals surface area contributed by atoms with E-state index in [4.69, 9.17) is 4.74 Å². The van der Waals surface area contributed by atoms with Gasteiger partial charge in [-0.05, 0) is 43.7 Å². The highest BCUT2D eigenvalue weighted by Gasteiger charge is 2.33. The van der Waals surface area contributed by atoms with Crippen LogP contribution in [0.25, 0.3) is 5.82 Å². The summed E-state index contributed by atoms with van der Waals surface area (Å²) in [5.74, 6) is 2.46. The van der Waals surface area contributed by atoms with Crippen LogP contribution in [0.1, 0.15) is 37.4 Å². The molecular weight excluding hydrogens is 364 g/mol. The second-order valence-electron chi connectivity index (χ2n) is 7.70. The van der Waals surface area contributed by atoms with Crippen LogP contribution in [0.3, 0.4) is 0 Å². The number of fused-ring (bicyclic) bond motifs is 1. The average molecular weight is 390 g/mol. The van der Waals surface area contributed by atoms with Crippen molar-refractivity contribution in [3.05, 3.63) is 72.2 Å². The summed E-state index contributed by atoms with van der Waals surface area (Å²) in [6, 6.07) is 14.2. The molecule has 2 aromatic heterocycles. The zero-order valence-electron chi connectivity index (χ0n) is 17.0.